The summed E-state index contributed by atoms with van der Waals surface area (Å²) >= 11 is 0. The van der Waals surface area contributed by atoms with Crippen molar-refractivity contribution in [3.05, 3.63) is 30.3 Å². The number of ether oxygens (including phenoxy) is 1. The van der Waals surface area contributed by atoms with Crippen molar-refractivity contribution in [1.82, 2.24) is 5.43 Å². The maximum absolute atomic E-state index is 11.6. The van der Waals surface area contributed by atoms with Gasteiger partial charge in [0, 0.05) is 19.9 Å². The van der Waals surface area contributed by atoms with E-state index >= 15 is 0 Å². The van der Waals surface area contributed by atoms with Gasteiger partial charge in [0.05, 0.1) is 12.8 Å². The zero-order chi connectivity index (χ0) is 13.4. The summed E-state index contributed by atoms with van der Waals surface area (Å²) in [6.07, 6.45) is 1.05. The van der Waals surface area contributed by atoms with E-state index in [2.05, 4.69) is 10.2 Å². The summed E-state index contributed by atoms with van der Waals surface area (Å²) in [4.78, 5) is 22.5. The van der Waals surface area contributed by atoms with Crippen LogP contribution in [0.2, 0.25) is 0 Å². The zero-order valence-corrected chi connectivity index (χ0v) is 10.7. The fourth-order valence-electron chi connectivity index (χ4n) is 1.45. The number of carbonyl (C=O) groups excluding carboxylic acids is 2. The molecule has 1 rings (SSSR count). The van der Waals surface area contributed by atoms with Crippen molar-refractivity contribution in [2.24, 2.45) is 0 Å². The van der Waals surface area contributed by atoms with Gasteiger partial charge in [-0.05, 0) is 18.6 Å². The number of hydrogen-bond donors (Lipinski definition) is 1. The third-order valence-corrected chi connectivity index (χ3v) is 2.45. The lowest BCUT2D eigenvalue weighted by Crippen LogP contribution is -2.39. The van der Waals surface area contributed by atoms with Crippen LogP contribution in [-0.4, -0.2) is 26.0 Å². The highest BCUT2D eigenvalue weighted by molar-refractivity contribution is 5.78. The molecule has 1 aromatic carbocycles. The summed E-state index contributed by atoms with van der Waals surface area (Å²) < 4.78 is 4.50. The fraction of sp³-hybridized carbons (Fsp3) is 0.385. The molecule has 98 valence electrons. The van der Waals surface area contributed by atoms with E-state index in [0.29, 0.717) is 12.8 Å². The van der Waals surface area contributed by atoms with E-state index in [1.165, 1.54) is 7.11 Å². The van der Waals surface area contributed by atoms with E-state index in [0.717, 1.165) is 5.69 Å². The van der Waals surface area contributed by atoms with E-state index in [9.17, 15) is 9.59 Å². The standard InChI is InChI=1S/C13H18N2O3/c1-15(11-7-4-3-5-8-11)14-12(16)9-6-10-13(17)18-2/h3-5,7-8H,6,9-10H2,1-2H3,(H,14,16). The maximum atomic E-state index is 11.6. The largest absolute Gasteiger partial charge is 0.469 e. The molecule has 0 aromatic heterocycles. The van der Waals surface area contributed by atoms with Gasteiger partial charge in [0.25, 0.3) is 0 Å². The number of nitrogens with one attached hydrogen (secondary N) is 1. The zero-order valence-electron chi connectivity index (χ0n) is 10.7. The highest BCUT2D eigenvalue weighted by atomic mass is 16.5. The molecule has 1 aromatic rings. The molecule has 0 aliphatic carbocycles. The molecule has 5 heteroatoms. The molecule has 0 saturated carbocycles. The molecule has 0 spiro atoms. The Bertz CT molecular complexity index is 392. The van der Waals surface area contributed by atoms with Crippen LogP contribution in [0, 0.1) is 0 Å². The molecule has 0 fully saturated rings. The fourth-order valence-corrected chi connectivity index (χ4v) is 1.45. The lowest BCUT2D eigenvalue weighted by molar-refractivity contribution is -0.140. The molecule has 0 aliphatic rings. The Morgan fingerprint density at radius 3 is 2.50 bits per heavy atom. The van der Waals surface area contributed by atoms with Crippen LogP contribution in [0.25, 0.3) is 0 Å². The molecule has 0 radical (unpaired) electrons. The van der Waals surface area contributed by atoms with Crippen LogP contribution in [0.4, 0.5) is 5.69 Å². The maximum Gasteiger partial charge on any atom is 0.305 e. The summed E-state index contributed by atoms with van der Waals surface area (Å²) in [6, 6.07) is 9.50. The second-order valence-corrected chi connectivity index (χ2v) is 3.86. The first kappa shape index (κ1) is 14.0. The van der Waals surface area contributed by atoms with Gasteiger partial charge in [-0.1, -0.05) is 18.2 Å². The number of methoxy groups -OCH3 is 1. The molecule has 0 heterocycles. The van der Waals surface area contributed by atoms with Gasteiger partial charge in [-0.25, -0.2) is 0 Å². The van der Waals surface area contributed by atoms with E-state index in [4.69, 9.17) is 0 Å². The Balaban J connectivity index is 2.30. The van der Waals surface area contributed by atoms with Gasteiger partial charge in [0.15, 0.2) is 0 Å². The molecule has 0 atom stereocenters. The summed E-state index contributed by atoms with van der Waals surface area (Å²) in [5, 5.41) is 1.65. The van der Waals surface area contributed by atoms with Gasteiger partial charge in [0.2, 0.25) is 5.91 Å². The predicted molar refractivity (Wildman–Crippen MR) is 68.9 cm³/mol. The van der Waals surface area contributed by atoms with Gasteiger partial charge < -0.3 is 4.74 Å². The first-order chi connectivity index (χ1) is 8.63. The Morgan fingerprint density at radius 1 is 1.22 bits per heavy atom. The van der Waals surface area contributed by atoms with Crippen LogP contribution in [0.1, 0.15) is 19.3 Å². The Morgan fingerprint density at radius 2 is 1.89 bits per heavy atom. The predicted octanol–water partition coefficient (Wildman–Crippen LogP) is 1.50. The summed E-state index contributed by atoms with van der Waals surface area (Å²) in [7, 11) is 3.11. The number of para-hydroxylation sites is 1. The van der Waals surface area contributed by atoms with Crippen LogP contribution in [0.3, 0.4) is 0 Å². The Labute approximate surface area is 107 Å². The van der Waals surface area contributed by atoms with Crippen molar-refractivity contribution in [1.29, 1.82) is 0 Å². The number of hydrazine groups is 1. The quantitative estimate of drug-likeness (QED) is 0.614. The minimum atomic E-state index is -0.292. The molecule has 0 unspecified atom stereocenters. The van der Waals surface area contributed by atoms with Gasteiger partial charge in [-0.2, -0.15) is 0 Å². The lowest BCUT2D eigenvalue weighted by atomic mass is 10.2. The van der Waals surface area contributed by atoms with Crippen molar-refractivity contribution in [2.45, 2.75) is 19.3 Å². The summed E-state index contributed by atoms with van der Waals surface area (Å²) in [6.45, 7) is 0. The number of amides is 1. The number of nitrogens with zero attached hydrogens (tertiary/aromatic N) is 1. The van der Waals surface area contributed by atoms with Crippen LogP contribution >= 0.6 is 0 Å². The third kappa shape index (κ3) is 4.86. The molecule has 5 nitrogen and oxygen atoms in total. The number of esters is 1. The average molecular weight is 250 g/mol. The SMILES string of the molecule is COC(=O)CCCC(=O)NN(C)c1ccccc1. The van der Waals surface area contributed by atoms with Crippen molar-refractivity contribution >= 4 is 17.6 Å². The highest BCUT2D eigenvalue weighted by Crippen LogP contribution is 2.08. The van der Waals surface area contributed by atoms with Gasteiger partial charge in [-0.15, -0.1) is 0 Å². The minimum absolute atomic E-state index is 0.120. The molecular weight excluding hydrogens is 232 g/mol. The third-order valence-electron chi connectivity index (χ3n) is 2.45. The van der Waals surface area contributed by atoms with Crippen molar-refractivity contribution in [3.63, 3.8) is 0 Å². The smallest absolute Gasteiger partial charge is 0.305 e. The molecule has 0 saturated heterocycles. The average Bonchev–Trinajstić information content (AvgIpc) is 2.39. The van der Waals surface area contributed by atoms with Crippen LogP contribution in [-0.2, 0) is 14.3 Å². The van der Waals surface area contributed by atoms with Crippen molar-refractivity contribution < 1.29 is 14.3 Å². The van der Waals surface area contributed by atoms with Crippen LogP contribution in [0.5, 0.6) is 0 Å². The van der Waals surface area contributed by atoms with Crippen LogP contribution in [0.15, 0.2) is 30.3 Å². The number of anilines is 1. The summed E-state index contributed by atoms with van der Waals surface area (Å²) in [5.74, 6) is -0.413. The summed E-state index contributed by atoms with van der Waals surface area (Å²) in [5.41, 5.74) is 3.63. The molecular formula is C13H18N2O3. The van der Waals surface area contributed by atoms with Crippen molar-refractivity contribution in [2.75, 3.05) is 19.2 Å². The monoisotopic (exact) mass is 250 g/mol. The van der Waals surface area contributed by atoms with E-state index in [1.807, 2.05) is 30.3 Å². The van der Waals surface area contributed by atoms with Gasteiger partial charge in [-0.3, -0.25) is 20.0 Å². The van der Waals surface area contributed by atoms with E-state index < -0.39 is 0 Å². The molecule has 1 amide bonds. The Hall–Kier alpha value is -2.04. The number of carbonyl (C=O) groups is 2. The first-order valence-electron chi connectivity index (χ1n) is 5.78. The molecule has 1 N–H and O–H groups in total. The highest BCUT2D eigenvalue weighted by Gasteiger charge is 2.07. The molecule has 0 bridgehead atoms. The lowest BCUT2D eigenvalue weighted by Gasteiger charge is -2.20. The van der Waals surface area contributed by atoms with Gasteiger partial charge >= 0.3 is 5.97 Å². The number of benzene rings is 1. The normalized spacial score (nSPS) is 9.67. The second kappa shape index (κ2) is 7.32. The number of hydrogen-bond acceptors (Lipinski definition) is 4. The molecule has 0 aliphatic heterocycles. The van der Waals surface area contributed by atoms with Gasteiger partial charge in [0.1, 0.15) is 0 Å². The topological polar surface area (TPSA) is 58.6 Å². The van der Waals surface area contributed by atoms with E-state index in [-0.39, 0.29) is 18.3 Å². The van der Waals surface area contributed by atoms with E-state index in [1.54, 1.807) is 12.1 Å². The van der Waals surface area contributed by atoms with Crippen LogP contribution < -0.4 is 10.4 Å². The minimum Gasteiger partial charge on any atom is -0.469 e. The van der Waals surface area contributed by atoms with Crippen molar-refractivity contribution in [3.8, 4) is 0 Å². The number of rotatable bonds is 6. The molecule has 18 heavy (non-hydrogen) atoms. The Kier molecular flexibility index (Phi) is 5.70. The first-order valence-corrected chi connectivity index (χ1v) is 5.78. The second-order valence-electron chi connectivity index (χ2n) is 3.86.